The molecule has 2 aromatic carbocycles. The second kappa shape index (κ2) is 6.78. The lowest BCUT2D eigenvalue weighted by atomic mass is 10.0. The molecule has 0 radical (unpaired) electrons. The number of nitrogens with zero attached hydrogens (tertiary/aromatic N) is 2. The van der Waals surface area contributed by atoms with Crippen molar-refractivity contribution in [1.29, 1.82) is 0 Å². The normalized spacial score (nSPS) is 19.3. The highest BCUT2D eigenvalue weighted by Crippen LogP contribution is 2.28. The van der Waals surface area contributed by atoms with Gasteiger partial charge >= 0.3 is 0 Å². The van der Waals surface area contributed by atoms with Gasteiger partial charge in [-0.2, -0.15) is 0 Å². The predicted octanol–water partition coefficient (Wildman–Crippen LogP) is 2.35. The molecule has 0 aliphatic carbocycles. The fraction of sp³-hybridized carbons (Fsp3) is 0.300. The number of halogens is 1. The van der Waals surface area contributed by atoms with Crippen molar-refractivity contribution in [2.75, 3.05) is 31.1 Å². The summed E-state index contributed by atoms with van der Waals surface area (Å²) in [6, 6.07) is 13.8. The van der Waals surface area contributed by atoms with E-state index in [9.17, 15) is 14.0 Å². The van der Waals surface area contributed by atoms with E-state index in [1.54, 1.807) is 23.1 Å². The quantitative estimate of drug-likeness (QED) is 0.922. The Morgan fingerprint density at radius 2 is 1.73 bits per heavy atom. The van der Waals surface area contributed by atoms with Gasteiger partial charge in [0.25, 0.3) is 5.91 Å². The van der Waals surface area contributed by atoms with Crippen LogP contribution in [0.2, 0.25) is 0 Å². The standard InChI is InChI=1S/C20H20FN3O2/c21-16-7-3-4-8-18(16)23-9-11-24(12-10-23)19(25)13-17-14-5-1-2-6-15(14)20(26)22-17/h1-8,17H,9-13H2,(H,22,26)/t17-/m0/s1. The molecule has 0 bridgehead atoms. The van der Waals surface area contributed by atoms with Crippen molar-refractivity contribution in [2.24, 2.45) is 0 Å². The minimum atomic E-state index is -0.268. The molecule has 2 aliphatic rings. The van der Waals surface area contributed by atoms with E-state index in [4.69, 9.17) is 0 Å². The summed E-state index contributed by atoms with van der Waals surface area (Å²) in [5.74, 6) is -0.347. The highest BCUT2D eigenvalue weighted by molar-refractivity contribution is 5.99. The van der Waals surface area contributed by atoms with Crippen LogP contribution >= 0.6 is 0 Å². The number of piperazine rings is 1. The number of anilines is 1. The van der Waals surface area contributed by atoms with Crippen LogP contribution in [0.15, 0.2) is 48.5 Å². The average Bonchev–Trinajstić information content (AvgIpc) is 2.98. The van der Waals surface area contributed by atoms with E-state index >= 15 is 0 Å². The Morgan fingerprint density at radius 1 is 1.04 bits per heavy atom. The highest BCUT2D eigenvalue weighted by Gasteiger charge is 2.31. The monoisotopic (exact) mass is 353 g/mol. The summed E-state index contributed by atoms with van der Waals surface area (Å²) >= 11 is 0. The lowest BCUT2D eigenvalue weighted by molar-refractivity contribution is -0.132. The van der Waals surface area contributed by atoms with E-state index < -0.39 is 0 Å². The van der Waals surface area contributed by atoms with Gasteiger partial charge in [0.2, 0.25) is 5.91 Å². The molecule has 2 heterocycles. The number of carbonyl (C=O) groups is 2. The summed E-state index contributed by atoms with van der Waals surface area (Å²) < 4.78 is 13.9. The maximum absolute atomic E-state index is 13.9. The Balaban J connectivity index is 1.38. The molecule has 1 N–H and O–H groups in total. The van der Waals surface area contributed by atoms with Gasteiger partial charge in [0, 0.05) is 31.7 Å². The molecule has 1 fully saturated rings. The van der Waals surface area contributed by atoms with Gasteiger partial charge in [-0.3, -0.25) is 9.59 Å². The van der Waals surface area contributed by atoms with Crippen molar-refractivity contribution >= 4 is 17.5 Å². The summed E-state index contributed by atoms with van der Waals surface area (Å²) in [4.78, 5) is 28.4. The predicted molar refractivity (Wildman–Crippen MR) is 96.5 cm³/mol. The highest BCUT2D eigenvalue weighted by atomic mass is 19.1. The van der Waals surface area contributed by atoms with E-state index in [1.165, 1.54) is 6.07 Å². The first-order chi connectivity index (χ1) is 12.6. The van der Waals surface area contributed by atoms with Crippen molar-refractivity contribution in [3.63, 3.8) is 0 Å². The Kier molecular flexibility index (Phi) is 4.32. The Morgan fingerprint density at radius 3 is 2.50 bits per heavy atom. The second-order valence-corrected chi connectivity index (χ2v) is 6.64. The number of hydrogen-bond acceptors (Lipinski definition) is 3. The molecular weight excluding hydrogens is 333 g/mol. The average molecular weight is 353 g/mol. The first-order valence-corrected chi connectivity index (χ1v) is 8.80. The zero-order valence-electron chi connectivity index (χ0n) is 14.3. The zero-order valence-corrected chi connectivity index (χ0v) is 14.3. The number of para-hydroxylation sites is 1. The number of benzene rings is 2. The lowest BCUT2D eigenvalue weighted by Crippen LogP contribution is -2.49. The van der Waals surface area contributed by atoms with Crippen molar-refractivity contribution < 1.29 is 14.0 Å². The molecule has 5 nitrogen and oxygen atoms in total. The van der Waals surface area contributed by atoms with Gasteiger partial charge in [0.05, 0.1) is 18.2 Å². The summed E-state index contributed by atoms with van der Waals surface area (Å²) in [7, 11) is 0. The van der Waals surface area contributed by atoms with E-state index in [0.29, 0.717) is 37.4 Å². The fourth-order valence-corrected chi connectivity index (χ4v) is 3.69. The third kappa shape index (κ3) is 3.03. The smallest absolute Gasteiger partial charge is 0.252 e. The Bertz CT molecular complexity index is 846. The molecular formula is C20H20FN3O2. The van der Waals surface area contributed by atoms with Crippen molar-refractivity contribution in [2.45, 2.75) is 12.5 Å². The van der Waals surface area contributed by atoms with Crippen LogP contribution in [-0.4, -0.2) is 42.9 Å². The van der Waals surface area contributed by atoms with Crippen LogP contribution < -0.4 is 10.2 Å². The van der Waals surface area contributed by atoms with Crippen LogP contribution in [0.4, 0.5) is 10.1 Å². The van der Waals surface area contributed by atoms with Gasteiger partial charge in [-0.1, -0.05) is 30.3 Å². The number of hydrogen-bond donors (Lipinski definition) is 1. The molecule has 0 spiro atoms. The van der Waals surface area contributed by atoms with Gasteiger partial charge in [-0.25, -0.2) is 4.39 Å². The first kappa shape index (κ1) is 16.6. The first-order valence-electron chi connectivity index (χ1n) is 8.80. The number of carbonyl (C=O) groups excluding carboxylic acids is 2. The third-order valence-corrected chi connectivity index (χ3v) is 5.09. The maximum Gasteiger partial charge on any atom is 0.252 e. The number of rotatable bonds is 3. The van der Waals surface area contributed by atoms with Gasteiger partial charge in [0.15, 0.2) is 0 Å². The summed E-state index contributed by atoms with van der Waals surface area (Å²) in [5, 5.41) is 2.88. The molecule has 4 rings (SSSR count). The van der Waals surface area contributed by atoms with Crippen LogP contribution in [-0.2, 0) is 4.79 Å². The summed E-state index contributed by atoms with van der Waals surface area (Å²) in [5.41, 5.74) is 2.11. The minimum Gasteiger partial charge on any atom is -0.366 e. The van der Waals surface area contributed by atoms with Crippen molar-refractivity contribution in [3.05, 3.63) is 65.5 Å². The van der Waals surface area contributed by atoms with Gasteiger partial charge in [-0.05, 0) is 23.8 Å². The molecule has 0 saturated carbocycles. The minimum absolute atomic E-state index is 0.0141. The Hall–Kier alpha value is -2.89. The maximum atomic E-state index is 13.9. The Labute approximate surface area is 151 Å². The number of fused-ring (bicyclic) bond motifs is 1. The molecule has 2 aromatic rings. The van der Waals surface area contributed by atoms with E-state index in [0.717, 1.165) is 5.56 Å². The summed E-state index contributed by atoms with van der Waals surface area (Å²) in [6.07, 6.45) is 0.252. The SMILES string of the molecule is O=C1N[C@@H](CC(=O)N2CCN(c3ccccc3F)CC2)c2ccccc21. The largest absolute Gasteiger partial charge is 0.366 e. The third-order valence-electron chi connectivity index (χ3n) is 5.09. The molecule has 26 heavy (non-hydrogen) atoms. The number of amides is 2. The van der Waals surface area contributed by atoms with Crippen molar-refractivity contribution in [3.8, 4) is 0 Å². The molecule has 0 unspecified atom stereocenters. The van der Waals surface area contributed by atoms with Crippen LogP contribution in [0.3, 0.4) is 0 Å². The molecule has 6 heteroatoms. The zero-order chi connectivity index (χ0) is 18.1. The molecule has 2 amide bonds. The van der Waals surface area contributed by atoms with Gasteiger partial charge in [-0.15, -0.1) is 0 Å². The van der Waals surface area contributed by atoms with Crippen molar-refractivity contribution in [1.82, 2.24) is 10.2 Å². The van der Waals surface area contributed by atoms with Gasteiger partial charge < -0.3 is 15.1 Å². The summed E-state index contributed by atoms with van der Waals surface area (Å²) in [6.45, 7) is 2.30. The van der Waals surface area contributed by atoms with E-state index in [-0.39, 0.29) is 30.1 Å². The van der Waals surface area contributed by atoms with Crippen LogP contribution in [0.5, 0.6) is 0 Å². The van der Waals surface area contributed by atoms with Crippen LogP contribution in [0, 0.1) is 5.82 Å². The molecule has 134 valence electrons. The lowest BCUT2D eigenvalue weighted by Gasteiger charge is -2.36. The molecule has 2 aliphatic heterocycles. The number of nitrogens with one attached hydrogen (secondary N) is 1. The van der Waals surface area contributed by atoms with Gasteiger partial charge in [0.1, 0.15) is 5.82 Å². The van der Waals surface area contributed by atoms with E-state index in [2.05, 4.69) is 5.32 Å². The van der Waals surface area contributed by atoms with Crippen LogP contribution in [0.25, 0.3) is 0 Å². The molecule has 1 saturated heterocycles. The second-order valence-electron chi connectivity index (χ2n) is 6.64. The van der Waals surface area contributed by atoms with E-state index in [1.807, 2.05) is 29.2 Å². The topological polar surface area (TPSA) is 52.7 Å². The van der Waals surface area contributed by atoms with Crippen LogP contribution in [0.1, 0.15) is 28.4 Å². The fourth-order valence-electron chi connectivity index (χ4n) is 3.69. The molecule has 0 aromatic heterocycles. The molecule has 1 atom stereocenters.